The molecule has 1 aromatic carbocycles. The van der Waals surface area contributed by atoms with E-state index in [9.17, 15) is 4.79 Å². The van der Waals surface area contributed by atoms with Crippen LogP contribution < -0.4 is 10.6 Å². The lowest BCUT2D eigenvalue weighted by atomic mass is 10.1. The second-order valence-corrected chi connectivity index (χ2v) is 7.19. The number of rotatable bonds is 4. The average molecular weight is 396 g/mol. The minimum Gasteiger partial charge on any atom is -0.354 e. The molecule has 0 unspecified atom stereocenters. The van der Waals surface area contributed by atoms with Crippen LogP contribution in [0.5, 0.6) is 0 Å². The molecule has 0 fully saturated rings. The first-order chi connectivity index (χ1) is 13.2. The van der Waals surface area contributed by atoms with Gasteiger partial charge in [-0.25, -0.2) is 0 Å². The minimum atomic E-state index is -0.273. The summed E-state index contributed by atoms with van der Waals surface area (Å²) < 4.78 is 0.765. The summed E-state index contributed by atoms with van der Waals surface area (Å²) in [5.41, 5.74) is 2.10. The lowest BCUT2D eigenvalue weighted by molar-refractivity contribution is 0.0959. The number of thiophene rings is 1. The summed E-state index contributed by atoms with van der Waals surface area (Å²) in [5.74, 6) is 0.298. The number of nitrogens with one attached hydrogen (secondary N) is 2. The fourth-order valence-electron chi connectivity index (χ4n) is 2.63. The predicted molar refractivity (Wildman–Crippen MR) is 109 cm³/mol. The highest BCUT2D eigenvalue weighted by Gasteiger charge is 2.18. The zero-order valence-electron chi connectivity index (χ0n) is 14.2. The van der Waals surface area contributed by atoms with E-state index in [0.717, 1.165) is 26.2 Å². The minimum absolute atomic E-state index is 0.273. The molecule has 8 heteroatoms. The molecule has 27 heavy (non-hydrogen) atoms. The van der Waals surface area contributed by atoms with Gasteiger partial charge in [-0.1, -0.05) is 23.7 Å². The summed E-state index contributed by atoms with van der Waals surface area (Å²) in [5, 5.41) is 15.7. The molecule has 0 bridgehead atoms. The summed E-state index contributed by atoms with van der Waals surface area (Å²) in [4.78, 5) is 17.3. The predicted octanol–water partition coefficient (Wildman–Crippen LogP) is 4.51. The standard InChI is InChI=1S/C19H14ClN5OS/c1-21-19(26)16-17-14(9-15(27-17)11-4-6-12(20)7-5-11)18(25-24-16)23-13-3-2-8-22-10-13/h2-10H,1H3,(H,21,26)(H,23,25). The molecule has 1 amide bonds. The summed E-state index contributed by atoms with van der Waals surface area (Å²) in [6, 6.07) is 13.3. The first kappa shape index (κ1) is 17.4. The number of benzene rings is 1. The lowest BCUT2D eigenvalue weighted by Gasteiger charge is -2.07. The molecule has 0 spiro atoms. The van der Waals surface area contributed by atoms with E-state index in [1.807, 2.05) is 42.5 Å². The molecule has 0 atom stereocenters. The Hall–Kier alpha value is -3.03. The van der Waals surface area contributed by atoms with Crippen molar-refractivity contribution in [3.8, 4) is 10.4 Å². The summed E-state index contributed by atoms with van der Waals surface area (Å²) >= 11 is 7.48. The lowest BCUT2D eigenvalue weighted by Crippen LogP contribution is -2.20. The molecule has 2 N–H and O–H groups in total. The number of carbonyl (C=O) groups excluding carboxylic acids is 1. The number of anilines is 2. The SMILES string of the molecule is CNC(=O)c1nnc(Nc2cccnc2)c2cc(-c3ccc(Cl)cc3)sc12. The van der Waals surface area contributed by atoms with E-state index in [0.29, 0.717) is 16.5 Å². The molecule has 4 aromatic rings. The first-order valence-electron chi connectivity index (χ1n) is 8.11. The van der Waals surface area contributed by atoms with E-state index in [-0.39, 0.29) is 5.91 Å². The van der Waals surface area contributed by atoms with Crippen molar-refractivity contribution in [1.29, 1.82) is 0 Å². The topological polar surface area (TPSA) is 79.8 Å². The van der Waals surface area contributed by atoms with Crippen LogP contribution in [0.1, 0.15) is 10.5 Å². The summed E-state index contributed by atoms with van der Waals surface area (Å²) in [7, 11) is 1.57. The highest BCUT2D eigenvalue weighted by Crippen LogP contribution is 2.38. The number of nitrogens with zero attached hydrogens (tertiary/aromatic N) is 3. The Bertz CT molecular complexity index is 1110. The molecule has 0 aliphatic carbocycles. The van der Waals surface area contributed by atoms with Gasteiger partial charge in [0.25, 0.3) is 5.91 Å². The largest absolute Gasteiger partial charge is 0.354 e. The molecule has 0 saturated heterocycles. The quantitative estimate of drug-likeness (QED) is 0.531. The second-order valence-electron chi connectivity index (χ2n) is 5.70. The summed E-state index contributed by atoms with van der Waals surface area (Å²) in [6.07, 6.45) is 3.40. The van der Waals surface area contributed by atoms with E-state index in [1.165, 1.54) is 11.3 Å². The molecule has 134 valence electrons. The van der Waals surface area contributed by atoms with E-state index >= 15 is 0 Å². The summed E-state index contributed by atoms with van der Waals surface area (Å²) in [6.45, 7) is 0. The van der Waals surface area contributed by atoms with Gasteiger partial charge in [-0.3, -0.25) is 9.78 Å². The number of hydrogen-bond acceptors (Lipinski definition) is 6. The van der Waals surface area contributed by atoms with E-state index in [1.54, 1.807) is 19.4 Å². The molecule has 0 aliphatic heterocycles. The van der Waals surface area contributed by atoms with Crippen LogP contribution in [0, 0.1) is 0 Å². The van der Waals surface area contributed by atoms with Gasteiger partial charge in [0.1, 0.15) is 0 Å². The fourth-order valence-corrected chi connectivity index (χ4v) is 3.90. The number of pyridine rings is 1. The van der Waals surface area contributed by atoms with Crippen molar-refractivity contribution in [3.63, 3.8) is 0 Å². The number of amides is 1. The van der Waals surface area contributed by atoms with Crippen LogP contribution in [0.4, 0.5) is 11.5 Å². The van der Waals surface area contributed by atoms with Crippen molar-refractivity contribution in [3.05, 3.63) is 65.6 Å². The van der Waals surface area contributed by atoms with E-state index < -0.39 is 0 Å². The maximum absolute atomic E-state index is 12.2. The van der Waals surface area contributed by atoms with Crippen molar-refractivity contribution in [2.75, 3.05) is 12.4 Å². The Balaban J connectivity index is 1.87. The van der Waals surface area contributed by atoms with Crippen LogP contribution >= 0.6 is 22.9 Å². The zero-order chi connectivity index (χ0) is 18.8. The number of hydrogen-bond donors (Lipinski definition) is 2. The van der Waals surface area contributed by atoms with Crippen molar-refractivity contribution in [1.82, 2.24) is 20.5 Å². The van der Waals surface area contributed by atoms with Crippen LogP contribution in [0.15, 0.2) is 54.9 Å². The molecule has 3 heterocycles. The van der Waals surface area contributed by atoms with E-state index in [4.69, 9.17) is 11.6 Å². The van der Waals surface area contributed by atoms with Crippen LogP contribution in [0.3, 0.4) is 0 Å². The molecule has 6 nitrogen and oxygen atoms in total. The Labute approximate surface area is 164 Å². The highest BCUT2D eigenvalue weighted by atomic mass is 35.5. The maximum Gasteiger partial charge on any atom is 0.273 e. The van der Waals surface area contributed by atoms with Crippen molar-refractivity contribution in [2.45, 2.75) is 0 Å². The smallest absolute Gasteiger partial charge is 0.273 e. The van der Waals surface area contributed by atoms with Crippen LogP contribution in [0.2, 0.25) is 5.02 Å². The van der Waals surface area contributed by atoms with E-state index in [2.05, 4.69) is 25.8 Å². The molecular formula is C19H14ClN5OS. The molecule has 0 aliphatic rings. The maximum atomic E-state index is 12.2. The van der Waals surface area contributed by atoms with Crippen molar-refractivity contribution < 1.29 is 4.79 Å². The Morgan fingerprint density at radius 1 is 1.15 bits per heavy atom. The normalized spacial score (nSPS) is 10.7. The van der Waals surface area contributed by atoms with Crippen LogP contribution in [0.25, 0.3) is 20.5 Å². The molecule has 0 radical (unpaired) electrons. The van der Waals surface area contributed by atoms with Gasteiger partial charge in [0.15, 0.2) is 11.5 Å². The van der Waals surface area contributed by atoms with Gasteiger partial charge >= 0.3 is 0 Å². The molecule has 3 aromatic heterocycles. The van der Waals surface area contributed by atoms with Crippen molar-refractivity contribution in [2.24, 2.45) is 0 Å². The van der Waals surface area contributed by atoms with Crippen molar-refractivity contribution >= 4 is 50.4 Å². The monoisotopic (exact) mass is 395 g/mol. The fraction of sp³-hybridized carbons (Fsp3) is 0.0526. The molecule has 4 rings (SSSR count). The third-order valence-corrected chi connectivity index (χ3v) is 5.39. The van der Waals surface area contributed by atoms with Crippen LogP contribution in [-0.4, -0.2) is 28.1 Å². The van der Waals surface area contributed by atoms with Gasteiger partial charge in [0.2, 0.25) is 0 Å². The average Bonchev–Trinajstić information content (AvgIpc) is 3.15. The van der Waals surface area contributed by atoms with Gasteiger partial charge in [0, 0.05) is 28.5 Å². The third-order valence-electron chi connectivity index (χ3n) is 3.95. The second kappa shape index (κ2) is 7.30. The molecular weight excluding hydrogens is 382 g/mol. The highest BCUT2D eigenvalue weighted by molar-refractivity contribution is 7.22. The van der Waals surface area contributed by atoms with Gasteiger partial charge < -0.3 is 10.6 Å². The van der Waals surface area contributed by atoms with Gasteiger partial charge in [0.05, 0.1) is 16.6 Å². The number of fused-ring (bicyclic) bond motifs is 1. The Kier molecular flexibility index (Phi) is 4.70. The molecule has 0 saturated carbocycles. The van der Waals surface area contributed by atoms with Crippen LogP contribution in [-0.2, 0) is 0 Å². The van der Waals surface area contributed by atoms with Gasteiger partial charge in [-0.2, -0.15) is 0 Å². The number of carbonyl (C=O) groups is 1. The zero-order valence-corrected chi connectivity index (χ0v) is 15.8. The Morgan fingerprint density at radius 3 is 2.67 bits per heavy atom. The Morgan fingerprint density at radius 2 is 1.96 bits per heavy atom. The van der Waals surface area contributed by atoms with Gasteiger partial charge in [-0.15, -0.1) is 21.5 Å². The number of aromatic nitrogens is 3. The van der Waals surface area contributed by atoms with Gasteiger partial charge in [-0.05, 0) is 35.9 Å². The third kappa shape index (κ3) is 3.47. The first-order valence-corrected chi connectivity index (χ1v) is 9.30. The number of halogens is 1.